The van der Waals surface area contributed by atoms with Crippen LogP contribution in [0.2, 0.25) is 0 Å². The molecule has 0 saturated heterocycles. The summed E-state index contributed by atoms with van der Waals surface area (Å²) in [5, 5.41) is 11.1. The molecule has 0 heterocycles. The van der Waals surface area contributed by atoms with Crippen LogP contribution in [0.15, 0.2) is 30.3 Å². The summed E-state index contributed by atoms with van der Waals surface area (Å²) in [6.45, 7) is 0. The number of alkyl halides is 2. The van der Waals surface area contributed by atoms with Gasteiger partial charge in [0.05, 0.1) is 18.4 Å². The molecule has 6 nitrogen and oxygen atoms in total. The van der Waals surface area contributed by atoms with Gasteiger partial charge in [-0.2, -0.15) is 8.78 Å². The first-order chi connectivity index (χ1) is 14.2. The lowest BCUT2D eigenvalue weighted by atomic mass is 9.46. The highest BCUT2D eigenvalue weighted by molar-refractivity contribution is 5.81. The molecule has 4 fully saturated rings. The second kappa shape index (κ2) is 7.32. The number of hydrogen-bond donors (Lipinski definition) is 0. The third kappa shape index (κ3) is 3.26. The maximum Gasteiger partial charge on any atom is 0.327 e. The molecule has 3 atom stereocenters. The van der Waals surface area contributed by atoms with E-state index in [0.717, 1.165) is 12.8 Å². The highest BCUT2D eigenvalue weighted by Gasteiger charge is 2.62. The third-order valence-corrected chi connectivity index (χ3v) is 7.11. The molecule has 0 radical (unpaired) electrons. The average molecular weight is 421 g/mol. The first kappa shape index (κ1) is 20.8. The topological polar surface area (TPSA) is 92.7 Å². The summed E-state index contributed by atoms with van der Waals surface area (Å²) in [6, 6.07) is 7.11. The maximum absolute atomic E-state index is 14.4. The minimum Gasteiger partial charge on any atom is -0.544 e. The number of methoxy groups -OCH3 is 1. The predicted octanol–water partition coefficient (Wildman–Crippen LogP) is 2.27. The van der Waals surface area contributed by atoms with Crippen molar-refractivity contribution in [1.29, 1.82) is 0 Å². The van der Waals surface area contributed by atoms with Crippen molar-refractivity contribution < 1.29 is 37.7 Å². The molecule has 0 aromatic heterocycles. The zero-order valence-electron chi connectivity index (χ0n) is 16.5. The van der Waals surface area contributed by atoms with E-state index in [1.165, 1.54) is 31.4 Å². The molecule has 4 aliphatic rings. The Hall–Kier alpha value is -2.51. The molecular formula is C22H23F2O6-. The lowest BCUT2D eigenvalue weighted by Crippen LogP contribution is -2.57. The van der Waals surface area contributed by atoms with E-state index < -0.39 is 29.4 Å². The number of hydrogen-bond acceptors (Lipinski definition) is 6. The Labute approximate surface area is 172 Å². The molecule has 162 valence electrons. The number of ether oxygens (including phenoxy) is 2. The Morgan fingerprint density at radius 3 is 2.23 bits per heavy atom. The van der Waals surface area contributed by atoms with Crippen LogP contribution in [0.4, 0.5) is 8.78 Å². The van der Waals surface area contributed by atoms with E-state index in [2.05, 4.69) is 0 Å². The van der Waals surface area contributed by atoms with Gasteiger partial charge < -0.3 is 19.4 Å². The van der Waals surface area contributed by atoms with Crippen LogP contribution in [-0.4, -0.2) is 30.9 Å². The highest BCUT2D eigenvalue weighted by Crippen LogP contribution is 2.63. The fourth-order valence-electron chi connectivity index (χ4n) is 6.11. The molecule has 4 saturated carbocycles. The van der Waals surface area contributed by atoms with Gasteiger partial charge in [0.1, 0.15) is 5.97 Å². The quantitative estimate of drug-likeness (QED) is 0.655. The number of halogens is 2. The van der Waals surface area contributed by atoms with Crippen LogP contribution in [0.5, 0.6) is 0 Å². The van der Waals surface area contributed by atoms with E-state index in [0.29, 0.717) is 19.3 Å². The molecule has 1 aromatic carbocycles. The predicted molar refractivity (Wildman–Crippen MR) is 96.7 cm³/mol. The first-order valence-corrected chi connectivity index (χ1v) is 10.1. The van der Waals surface area contributed by atoms with E-state index in [1.807, 2.05) is 0 Å². The van der Waals surface area contributed by atoms with Crippen molar-refractivity contribution in [3.63, 3.8) is 0 Å². The average Bonchev–Trinajstić information content (AvgIpc) is 2.71. The van der Waals surface area contributed by atoms with E-state index in [1.54, 1.807) is 6.07 Å². The zero-order chi connectivity index (χ0) is 21.7. The summed E-state index contributed by atoms with van der Waals surface area (Å²) < 4.78 is 39.1. The molecule has 30 heavy (non-hydrogen) atoms. The van der Waals surface area contributed by atoms with Crippen molar-refractivity contribution in [2.45, 2.75) is 44.1 Å². The fraction of sp³-hybridized carbons (Fsp3) is 0.591. The summed E-state index contributed by atoms with van der Waals surface area (Å²) in [5.74, 6) is -8.29. The van der Waals surface area contributed by atoms with Crippen molar-refractivity contribution in [3.8, 4) is 0 Å². The Balaban J connectivity index is 1.61. The lowest BCUT2D eigenvalue weighted by Gasteiger charge is -2.57. The molecule has 0 aliphatic heterocycles. The molecule has 8 heteroatoms. The molecule has 4 aliphatic carbocycles. The van der Waals surface area contributed by atoms with Crippen LogP contribution in [0, 0.1) is 29.1 Å². The number of aliphatic carboxylic acids is 1. The second-order valence-electron chi connectivity index (χ2n) is 8.91. The summed E-state index contributed by atoms with van der Waals surface area (Å²) >= 11 is 0. The Kier molecular flexibility index (Phi) is 5.06. The number of carbonyl (C=O) groups is 3. The number of rotatable bonds is 6. The zero-order valence-corrected chi connectivity index (χ0v) is 16.5. The van der Waals surface area contributed by atoms with Gasteiger partial charge in [0.2, 0.25) is 0 Å². The first-order valence-electron chi connectivity index (χ1n) is 10.1. The molecule has 4 bridgehead atoms. The molecule has 0 amide bonds. The fourth-order valence-corrected chi connectivity index (χ4v) is 6.11. The number of benzene rings is 1. The Morgan fingerprint density at radius 2 is 1.70 bits per heavy atom. The molecule has 0 N–H and O–H groups in total. The van der Waals surface area contributed by atoms with Gasteiger partial charge in [-0.25, -0.2) is 0 Å². The van der Waals surface area contributed by atoms with E-state index in [-0.39, 0.29) is 35.2 Å². The van der Waals surface area contributed by atoms with Gasteiger partial charge in [-0.05, 0) is 55.4 Å². The van der Waals surface area contributed by atoms with Gasteiger partial charge >= 0.3 is 17.9 Å². The normalized spacial score (nSPS) is 33.0. The SMILES string of the molecule is COC(=O)C1C2CC3CC1CC(C(=O)OC(c1ccccc1)C(F)(F)C(=O)[O-])(C3)C2. The molecular weight excluding hydrogens is 398 g/mol. The van der Waals surface area contributed by atoms with Crippen molar-refractivity contribution in [3.05, 3.63) is 35.9 Å². The van der Waals surface area contributed by atoms with Gasteiger partial charge in [-0.1, -0.05) is 30.3 Å². The highest BCUT2D eigenvalue weighted by atomic mass is 19.3. The number of carboxylic acid groups (broad SMARTS) is 1. The molecule has 3 unspecified atom stereocenters. The summed E-state index contributed by atoms with van der Waals surface area (Å²) in [7, 11) is 1.34. The lowest BCUT2D eigenvalue weighted by molar-refractivity contribution is -0.337. The summed E-state index contributed by atoms with van der Waals surface area (Å²) in [6.07, 6.45) is 0.533. The third-order valence-electron chi connectivity index (χ3n) is 7.11. The molecule has 0 spiro atoms. The minimum atomic E-state index is -4.38. The maximum atomic E-state index is 14.4. The van der Waals surface area contributed by atoms with Gasteiger partial charge in [0, 0.05) is 0 Å². The van der Waals surface area contributed by atoms with Gasteiger partial charge in [0.15, 0.2) is 6.10 Å². The van der Waals surface area contributed by atoms with E-state index in [9.17, 15) is 28.3 Å². The smallest absolute Gasteiger partial charge is 0.327 e. The second-order valence-corrected chi connectivity index (χ2v) is 8.91. The molecule has 5 rings (SSSR count). The van der Waals surface area contributed by atoms with Crippen LogP contribution < -0.4 is 5.11 Å². The van der Waals surface area contributed by atoms with Crippen molar-refractivity contribution in [1.82, 2.24) is 0 Å². The van der Waals surface area contributed by atoms with Gasteiger partial charge in [-0.15, -0.1) is 0 Å². The van der Waals surface area contributed by atoms with Crippen LogP contribution in [0.25, 0.3) is 0 Å². The van der Waals surface area contributed by atoms with E-state index in [4.69, 9.17) is 9.47 Å². The van der Waals surface area contributed by atoms with Crippen molar-refractivity contribution in [2.75, 3.05) is 7.11 Å². The Bertz CT molecular complexity index is 838. The standard InChI is InChI=1S/C22H24F2O6/c1-29-18(25)16-14-7-12-8-15(16)11-21(9-12,10-14)20(28)30-17(22(23,24)19(26)27)13-5-3-2-4-6-13/h2-6,12,14-17H,7-11H2,1H3,(H,26,27)/p-1. The largest absolute Gasteiger partial charge is 0.544 e. The number of esters is 2. The number of carbonyl (C=O) groups excluding carboxylic acids is 3. The van der Waals surface area contributed by atoms with Crippen molar-refractivity contribution >= 4 is 17.9 Å². The van der Waals surface area contributed by atoms with Crippen LogP contribution >= 0.6 is 0 Å². The number of carboxylic acids is 1. The Morgan fingerprint density at radius 1 is 1.10 bits per heavy atom. The monoisotopic (exact) mass is 421 g/mol. The van der Waals surface area contributed by atoms with Crippen LogP contribution in [0.1, 0.15) is 43.8 Å². The minimum absolute atomic E-state index is 0.0620. The molecule has 1 aromatic rings. The van der Waals surface area contributed by atoms with Gasteiger partial charge in [0.25, 0.3) is 0 Å². The van der Waals surface area contributed by atoms with E-state index >= 15 is 0 Å². The van der Waals surface area contributed by atoms with Crippen molar-refractivity contribution in [2.24, 2.45) is 29.1 Å². The summed E-state index contributed by atoms with van der Waals surface area (Å²) in [5.41, 5.74) is -1.09. The van der Waals surface area contributed by atoms with Crippen LogP contribution in [0.3, 0.4) is 0 Å². The summed E-state index contributed by atoms with van der Waals surface area (Å²) in [4.78, 5) is 36.6. The van der Waals surface area contributed by atoms with Gasteiger partial charge in [-0.3, -0.25) is 9.59 Å². The van der Waals surface area contributed by atoms with Crippen LogP contribution in [-0.2, 0) is 23.9 Å².